The minimum Gasteiger partial charge on any atom is -0.507 e. The van der Waals surface area contributed by atoms with Crippen molar-refractivity contribution in [2.45, 2.75) is 26.4 Å². The molecule has 42 heavy (non-hydrogen) atoms. The number of carbonyl (C=O) groups excluding carboxylic acids is 1. The van der Waals surface area contributed by atoms with E-state index in [1.165, 1.54) is 32.4 Å². The number of ether oxygens (including phenoxy) is 3. The van der Waals surface area contributed by atoms with E-state index in [9.17, 15) is 34.8 Å². The summed E-state index contributed by atoms with van der Waals surface area (Å²) in [7, 11) is 2.74. The maximum Gasteiger partial charge on any atom is 0.339 e. The minimum atomic E-state index is -1.36. The molecule has 0 spiro atoms. The van der Waals surface area contributed by atoms with Crippen molar-refractivity contribution in [1.82, 2.24) is 0 Å². The molecule has 1 aromatic heterocycles. The molecule has 0 radical (unpaired) electrons. The van der Waals surface area contributed by atoms with Gasteiger partial charge < -0.3 is 39.1 Å². The highest BCUT2D eigenvalue weighted by atomic mass is 16.5. The summed E-state index contributed by atoms with van der Waals surface area (Å²) in [6.07, 6.45) is -0.117. The van der Waals surface area contributed by atoms with Crippen LogP contribution >= 0.6 is 0 Å². The summed E-state index contributed by atoms with van der Waals surface area (Å²) in [5.41, 5.74) is 0.0656. The molecule has 0 fully saturated rings. The van der Waals surface area contributed by atoms with Gasteiger partial charge in [-0.1, -0.05) is 0 Å². The first-order chi connectivity index (χ1) is 20.0. The number of hydrogen-bond donors (Lipinski definition) is 4. The number of rotatable bonds is 4. The van der Waals surface area contributed by atoms with E-state index in [1.807, 2.05) is 0 Å². The quantitative estimate of drug-likeness (QED) is 0.130. The Morgan fingerprint density at radius 1 is 0.881 bits per heavy atom. The summed E-state index contributed by atoms with van der Waals surface area (Å²) >= 11 is 0. The third-order valence-corrected chi connectivity index (χ3v) is 7.52. The van der Waals surface area contributed by atoms with Crippen LogP contribution in [-0.2, 0) is 11.2 Å². The van der Waals surface area contributed by atoms with Gasteiger partial charge in [-0.2, -0.15) is 0 Å². The molecule has 11 heteroatoms. The molecule has 4 aromatic carbocycles. The lowest BCUT2D eigenvalue weighted by Gasteiger charge is -2.26. The second-order valence-corrected chi connectivity index (χ2v) is 10.2. The Hall–Kier alpha value is -5.45. The van der Waals surface area contributed by atoms with E-state index >= 15 is 0 Å². The lowest BCUT2D eigenvalue weighted by atomic mass is 9.87. The zero-order valence-electron chi connectivity index (χ0n) is 22.8. The molecule has 1 aliphatic heterocycles. The molecule has 1 aliphatic rings. The lowest BCUT2D eigenvalue weighted by Crippen LogP contribution is -2.25. The van der Waals surface area contributed by atoms with Gasteiger partial charge in [0.25, 0.3) is 0 Å². The van der Waals surface area contributed by atoms with Crippen molar-refractivity contribution in [2.24, 2.45) is 0 Å². The van der Waals surface area contributed by atoms with Crippen molar-refractivity contribution in [3.63, 3.8) is 0 Å². The number of methoxy groups -OCH3 is 2. The Balaban J connectivity index is 1.79. The highest BCUT2D eigenvalue weighted by Crippen LogP contribution is 2.53. The predicted molar refractivity (Wildman–Crippen MR) is 151 cm³/mol. The van der Waals surface area contributed by atoms with Crippen molar-refractivity contribution in [3.8, 4) is 39.9 Å². The molecule has 0 amide bonds. The van der Waals surface area contributed by atoms with Gasteiger partial charge in [-0.3, -0.25) is 4.79 Å². The van der Waals surface area contributed by atoms with Crippen molar-refractivity contribution in [3.05, 3.63) is 62.8 Å². The smallest absolute Gasteiger partial charge is 0.339 e. The average molecular weight is 573 g/mol. The predicted octanol–water partition coefficient (Wildman–Crippen LogP) is 5.01. The van der Waals surface area contributed by atoms with E-state index in [-0.39, 0.29) is 44.2 Å². The van der Waals surface area contributed by atoms with Crippen molar-refractivity contribution >= 4 is 44.6 Å². The van der Waals surface area contributed by atoms with Gasteiger partial charge in [0.1, 0.15) is 40.1 Å². The molecule has 4 N–H and O–H groups in total. The Morgan fingerprint density at radius 3 is 2.26 bits per heavy atom. The van der Waals surface area contributed by atoms with E-state index < -0.39 is 51.7 Å². The van der Waals surface area contributed by atoms with Crippen LogP contribution in [0.5, 0.6) is 28.7 Å². The molecule has 0 aliphatic carbocycles. The van der Waals surface area contributed by atoms with Crippen LogP contribution in [0.4, 0.5) is 0 Å². The number of phenols is 3. The summed E-state index contributed by atoms with van der Waals surface area (Å²) in [4.78, 5) is 38.4. The molecule has 0 saturated heterocycles. The number of carboxylic acids is 1. The second kappa shape index (κ2) is 9.30. The molecule has 6 rings (SSSR count). The van der Waals surface area contributed by atoms with Gasteiger partial charge in [0.15, 0.2) is 16.9 Å². The maximum atomic E-state index is 13.7. The summed E-state index contributed by atoms with van der Waals surface area (Å²) in [5, 5.41) is 42.8. The van der Waals surface area contributed by atoms with E-state index in [4.69, 9.17) is 18.6 Å². The first-order valence-corrected chi connectivity index (χ1v) is 12.8. The molecule has 0 unspecified atom stereocenters. The van der Waals surface area contributed by atoms with E-state index in [0.29, 0.717) is 28.9 Å². The molecule has 2 heterocycles. The number of hydrogen-bond acceptors (Lipinski definition) is 10. The summed E-state index contributed by atoms with van der Waals surface area (Å²) < 4.78 is 22.3. The highest BCUT2D eigenvalue weighted by Gasteiger charge is 2.32. The van der Waals surface area contributed by atoms with Crippen LogP contribution in [0.15, 0.2) is 39.5 Å². The molecule has 0 bridgehead atoms. The fourth-order valence-corrected chi connectivity index (χ4v) is 5.73. The van der Waals surface area contributed by atoms with Crippen LogP contribution in [0.2, 0.25) is 0 Å². The van der Waals surface area contributed by atoms with Gasteiger partial charge in [-0.15, -0.1) is 0 Å². The van der Waals surface area contributed by atoms with Crippen molar-refractivity contribution in [1.29, 1.82) is 0 Å². The number of fused-ring (bicyclic) bond motifs is 4. The van der Waals surface area contributed by atoms with E-state index in [1.54, 1.807) is 26.0 Å². The topological polar surface area (TPSA) is 173 Å². The number of cyclic esters (lactones) is 1. The molecular formula is C31H24O11. The molecular weight excluding hydrogens is 548 g/mol. The fraction of sp³-hybridized carbons (Fsp3) is 0.194. The van der Waals surface area contributed by atoms with Crippen LogP contribution in [0.25, 0.3) is 43.8 Å². The fourth-order valence-electron chi connectivity index (χ4n) is 5.73. The Kier molecular flexibility index (Phi) is 5.92. The molecule has 11 nitrogen and oxygen atoms in total. The van der Waals surface area contributed by atoms with Crippen LogP contribution in [0, 0.1) is 6.92 Å². The van der Waals surface area contributed by atoms with Gasteiger partial charge in [0, 0.05) is 12.0 Å². The number of benzene rings is 4. The second-order valence-electron chi connectivity index (χ2n) is 10.2. The number of phenolic OH excluding ortho intramolecular Hbond substituents is 3. The molecule has 5 aromatic rings. The Labute approximate surface area is 236 Å². The van der Waals surface area contributed by atoms with Crippen LogP contribution in [0.3, 0.4) is 0 Å². The number of aromatic carboxylic acids is 1. The third kappa shape index (κ3) is 3.70. The third-order valence-electron chi connectivity index (χ3n) is 7.52. The van der Waals surface area contributed by atoms with Gasteiger partial charge in [-0.05, 0) is 60.9 Å². The standard InChI is InChI=1S/C31H24O11/c1-11-5-18-24(33)23-25(34)22-21(26(35)29(23)42-27(18)19(6-11)30(36)37)20(32)10-16(28(22)40-4)15-8-13(39-3)9-17-14(15)7-12(2)41-31(17)38/h5-6,8-10,12,32,34-35H,7H2,1-4H3,(H,36,37)/t12-/m0/s1. The van der Waals surface area contributed by atoms with E-state index in [0.717, 1.165) is 0 Å². The molecule has 214 valence electrons. The number of aromatic hydroxyl groups is 3. The van der Waals surface area contributed by atoms with Gasteiger partial charge in [0.2, 0.25) is 5.43 Å². The highest BCUT2D eigenvalue weighted by molar-refractivity contribution is 6.17. The lowest BCUT2D eigenvalue weighted by molar-refractivity contribution is 0.0301. The zero-order valence-corrected chi connectivity index (χ0v) is 22.8. The van der Waals surface area contributed by atoms with Gasteiger partial charge in [-0.25, -0.2) is 9.59 Å². The number of esters is 1. The summed E-state index contributed by atoms with van der Waals surface area (Å²) in [6, 6.07) is 7.21. The number of aryl methyl sites for hydroxylation is 1. The first kappa shape index (κ1) is 26.8. The largest absolute Gasteiger partial charge is 0.507 e. The monoisotopic (exact) mass is 572 g/mol. The van der Waals surface area contributed by atoms with E-state index in [2.05, 4.69) is 0 Å². The Bertz CT molecular complexity index is 2090. The number of carbonyl (C=O) groups is 2. The zero-order chi connectivity index (χ0) is 30.2. The minimum absolute atomic E-state index is 0.0190. The molecule has 0 saturated carbocycles. The van der Waals surface area contributed by atoms with Crippen molar-refractivity contribution < 1.29 is 48.6 Å². The normalized spacial score (nSPS) is 14.7. The maximum absolute atomic E-state index is 13.7. The number of carboxylic acid groups (broad SMARTS) is 1. The van der Waals surface area contributed by atoms with Crippen LogP contribution < -0.4 is 14.9 Å². The van der Waals surface area contributed by atoms with Gasteiger partial charge in [0.05, 0.1) is 35.9 Å². The summed E-state index contributed by atoms with van der Waals surface area (Å²) in [5.74, 6) is -3.49. The summed E-state index contributed by atoms with van der Waals surface area (Å²) in [6.45, 7) is 3.34. The average Bonchev–Trinajstić information content (AvgIpc) is 2.94. The SMILES string of the molecule is COc1cc2c(c(-c3cc(O)c4c(O)c5oc6c(C(=O)O)cc(C)cc6c(=O)c5c(O)c4c3OC)c1)C[C@H](C)OC2=O. The van der Waals surface area contributed by atoms with Crippen molar-refractivity contribution in [2.75, 3.05) is 14.2 Å². The van der Waals surface area contributed by atoms with Gasteiger partial charge >= 0.3 is 11.9 Å². The van der Waals surface area contributed by atoms with Crippen LogP contribution in [-0.4, -0.2) is 52.7 Å². The molecule has 1 atom stereocenters. The van der Waals surface area contributed by atoms with Crippen LogP contribution in [0.1, 0.15) is 38.8 Å². The first-order valence-electron chi connectivity index (χ1n) is 12.8. The Morgan fingerprint density at radius 2 is 1.60 bits per heavy atom.